The Morgan fingerprint density at radius 3 is 2.38 bits per heavy atom. The zero-order valence-electron chi connectivity index (χ0n) is 9.84. The summed E-state index contributed by atoms with van der Waals surface area (Å²) in [6, 6.07) is 1.80. The molecule has 1 aliphatic rings. The van der Waals surface area contributed by atoms with Gasteiger partial charge in [0.1, 0.15) is 5.75 Å². The van der Waals surface area contributed by atoms with Crippen molar-refractivity contribution in [2.24, 2.45) is 0 Å². The average molecular weight is 241 g/mol. The van der Waals surface area contributed by atoms with Crippen LogP contribution in [0.2, 0.25) is 5.02 Å². The second kappa shape index (κ2) is 3.64. The highest BCUT2D eigenvalue weighted by Crippen LogP contribution is 2.52. The van der Waals surface area contributed by atoms with Gasteiger partial charge in [-0.2, -0.15) is 0 Å². The molecule has 0 bridgehead atoms. The van der Waals surface area contributed by atoms with E-state index in [-0.39, 0.29) is 11.7 Å². The molecule has 88 valence electrons. The molecule has 0 spiro atoms. The van der Waals surface area contributed by atoms with Crippen molar-refractivity contribution < 1.29 is 10.2 Å². The lowest BCUT2D eigenvalue weighted by atomic mass is 9.92. The molecule has 1 saturated carbocycles. The largest absolute Gasteiger partial charge is 0.507 e. The van der Waals surface area contributed by atoms with Gasteiger partial charge < -0.3 is 10.2 Å². The summed E-state index contributed by atoms with van der Waals surface area (Å²) in [4.78, 5) is 0. The molecular formula is C13H17ClO2. The van der Waals surface area contributed by atoms with Crippen LogP contribution in [0.25, 0.3) is 0 Å². The van der Waals surface area contributed by atoms with Crippen molar-refractivity contribution in [1.29, 1.82) is 0 Å². The lowest BCUT2D eigenvalue weighted by molar-refractivity contribution is 0.147. The SMILES string of the molecule is Cc1c(Cl)cc(C(C)C)c(O)c1C1(O)CC1. The third-order valence-electron chi connectivity index (χ3n) is 3.34. The van der Waals surface area contributed by atoms with E-state index in [2.05, 4.69) is 0 Å². The van der Waals surface area contributed by atoms with Crippen LogP contribution in [-0.2, 0) is 5.60 Å². The van der Waals surface area contributed by atoms with E-state index < -0.39 is 5.60 Å². The van der Waals surface area contributed by atoms with E-state index in [9.17, 15) is 10.2 Å². The van der Waals surface area contributed by atoms with Crippen molar-refractivity contribution in [1.82, 2.24) is 0 Å². The Bertz CT molecular complexity index is 434. The number of hydrogen-bond donors (Lipinski definition) is 2. The highest BCUT2D eigenvalue weighted by molar-refractivity contribution is 6.31. The molecule has 2 nitrogen and oxygen atoms in total. The van der Waals surface area contributed by atoms with Crippen molar-refractivity contribution in [3.63, 3.8) is 0 Å². The van der Waals surface area contributed by atoms with Crippen LogP contribution in [0.4, 0.5) is 0 Å². The Kier molecular flexibility index (Phi) is 2.67. The van der Waals surface area contributed by atoms with Gasteiger partial charge in [-0.15, -0.1) is 0 Å². The number of benzene rings is 1. The summed E-state index contributed by atoms with van der Waals surface area (Å²) < 4.78 is 0. The van der Waals surface area contributed by atoms with Gasteiger partial charge in [-0.05, 0) is 42.9 Å². The van der Waals surface area contributed by atoms with Crippen molar-refractivity contribution in [2.45, 2.75) is 45.1 Å². The first kappa shape index (κ1) is 11.7. The number of hydrogen-bond acceptors (Lipinski definition) is 2. The number of halogens is 1. The van der Waals surface area contributed by atoms with Gasteiger partial charge in [0, 0.05) is 10.6 Å². The summed E-state index contributed by atoms with van der Waals surface area (Å²) in [7, 11) is 0. The first-order valence-electron chi connectivity index (χ1n) is 5.61. The lowest BCUT2D eigenvalue weighted by Gasteiger charge is -2.20. The van der Waals surface area contributed by atoms with Crippen LogP contribution in [0, 0.1) is 6.92 Å². The Morgan fingerprint density at radius 2 is 1.94 bits per heavy atom. The number of aliphatic hydroxyl groups is 1. The maximum Gasteiger partial charge on any atom is 0.125 e. The van der Waals surface area contributed by atoms with Crippen LogP contribution in [0.5, 0.6) is 5.75 Å². The zero-order chi connectivity index (χ0) is 12.1. The molecule has 2 rings (SSSR count). The van der Waals surface area contributed by atoms with Crippen LogP contribution in [0.1, 0.15) is 49.3 Å². The summed E-state index contributed by atoms with van der Waals surface area (Å²) in [5, 5.41) is 21.0. The molecule has 0 unspecified atom stereocenters. The maximum atomic E-state index is 10.2. The highest BCUT2D eigenvalue weighted by Gasteiger charge is 2.46. The second-order valence-corrected chi connectivity index (χ2v) is 5.39. The van der Waals surface area contributed by atoms with E-state index in [0.717, 1.165) is 11.1 Å². The molecular weight excluding hydrogens is 224 g/mol. The van der Waals surface area contributed by atoms with Crippen LogP contribution in [0.15, 0.2) is 6.07 Å². The van der Waals surface area contributed by atoms with Gasteiger partial charge in [0.15, 0.2) is 0 Å². The minimum absolute atomic E-state index is 0.194. The molecule has 1 aromatic carbocycles. The Hall–Kier alpha value is -0.730. The predicted octanol–water partition coefficient (Wildman–Crippen LogP) is 3.46. The van der Waals surface area contributed by atoms with Gasteiger partial charge in [-0.1, -0.05) is 25.4 Å². The number of aromatic hydroxyl groups is 1. The normalized spacial score (nSPS) is 17.9. The number of phenols is 1. The summed E-state index contributed by atoms with van der Waals surface area (Å²) in [6.07, 6.45) is 1.42. The van der Waals surface area contributed by atoms with Crippen molar-refractivity contribution in [2.75, 3.05) is 0 Å². The van der Waals surface area contributed by atoms with E-state index in [1.165, 1.54) is 0 Å². The topological polar surface area (TPSA) is 40.5 Å². The second-order valence-electron chi connectivity index (χ2n) is 4.98. The van der Waals surface area contributed by atoms with E-state index in [1.807, 2.05) is 20.8 Å². The first-order valence-corrected chi connectivity index (χ1v) is 5.99. The van der Waals surface area contributed by atoms with Crippen LogP contribution >= 0.6 is 11.6 Å². The summed E-state index contributed by atoms with van der Waals surface area (Å²) in [6.45, 7) is 5.85. The Morgan fingerprint density at radius 1 is 1.38 bits per heavy atom. The molecule has 0 aromatic heterocycles. The summed E-state index contributed by atoms with van der Waals surface area (Å²) in [5.74, 6) is 0.413. The highest BCUT2D eigenvalue weighted by atomic mass is 35.5. The minimum Gasteiger partial charge on any atom is -0.507 e. The van der Waals surface area contributed by atoms with Gasteiger partial charge in [-0.3, -0.25) is 0 Å². The summed E-state index contributed by atoms with van der Waals surface area (Å²) in [5.41, 5.74) is 1.39. The average Bonchev–Trinajstić information content (AvgIpc) is 2.90. The fraction of sp³-hybridized carbons (Fsp3) is 0.538. The van der Waals surface area contributed by atoms with E-state index in [1.54, 1.807) is 6.07 Å². The monoisotopic (exact) mass is 240 g/mol. The van der Waals surface area contributed by atoms with Crippen molar-refractivity contribution in [3.05, 3.63) is 27.8 Å². The van der Waals surface area contributed by atoms with Crippen LogP contribution in [-0.4, -0.2) is 10.2 Å². The van der Waals surface area contributed by atoms with Gasteiger partial charge in [0.25, 0.3) is 0 Å². The third-order valence-corrected chi connectivity index (χ3v) is 3.73. The molecule has 1 fully saturated rings. The van der Waals surface area contributed by atoms with E-state index in [0.29, 0.717) is 23.4 Å². The van der Waals surface area contributed by atoms with Gasteiger partial charge >= 0.3 is 0 Å². The van der Waals surface area contributed by atoms with Gasteiger partial charge in [0.2, 0.25) is 0 Å². The minimum atomic E-state index is -0.845. The molecule has 16 heavy (non-hydrogen) atoms. The van der Waals surface area contributed by atoms with E-state index in [4.69, 9.17) is 11.6 Å². The quantitative estimate of drug-likeness (QED) is 0.831. The Balaban J connectivity index is 2.66. The molecule has 3 heteroatoms. The van der Waals surface area contributed by atoms with Gasteiger partial charge in [0.05, 0.1) is 5.60 Å². The fourth-order valence-corrected chi connectivity index (χ4v) is 2.34. The number of rotatable bonds is 2. The molecule has 0 aliphatic heterocycles. The van der Waals surface area contributed by atoms with Crippen LogP contribution < -0.4 is 0 Å². The Labute approximate surface area is 101 Å². The van der Waals surface area contributed by atoms with Gasteiger partial charge in [-0.25, -0.2) is 0 Å². The molecule has 0 saturated heterocycles. The smallest absolute Gasteiger partial charge is 0.125 e. The van der Waals surface area contributed by atoms with Crippen molar-refractivity contribution in [3.8, 4) is 5.75 Å². The van der Waals surface area contributed by atoms with Crippen LogP contribution in [0.3, 0.4) is 0 Å². The fourth-order valence-electron chi connectivity index (χ4n) is 2.13. The molecule has 1 aromatic rings. The maximum absolute atomic E-state index is 10.2. The third kappa shape index (κ3) is 1.70. The predicted molar refractivity (Wildman–Crippen MR) is 65.1 cm³/mol. The lowest BCUT2D eigenvalue weighted by Crippen LogP contribution is -2.09. The molecule has 0 atom stereocenters. The molecule has 1 aliphatic carbocycles. The first-order chi connectivity index (χ1) is 7.37. The van der Waals surface area contributed by atoms with Crippen molar-refractivity contribution >= 4 is 11.6 Å². The standard InChI is InChI=1S/C13H17ClO2/c1-7(2)9-6-10(14)8(3)11(12(9)15)13(16)4-5-13/h6-7,15-16H,4-5H2,1-3H3. The molecule has 0 heterocycles. The molecule has 0 amide bonds. The number of phenolic OH excluding ortho intramolecular Hbond substituents is 1. The summed E-state index contributed by atoms with van der Waals surface area (Å²) >= 11 is 6.15. The zero-order valence-corrected chi connectivity index (χ0v) is 10.6. The molecule has 0 radical (unpaired) electrons. The molecule has 2 N–H and O–H groups in total. The van der Waals surface area contributed by atoms with E-state index >= 15 is 0 Å².